The van der Waals surface area contributed by atoms with Crippen molar-refractivity contribution in [2.45, 2.75) is 13.5 Å². The van der Waals surface area contributed by atoms with Crippen LogP contribution in [0.5, 0.6) is 0 Å². The maximum atomic E-state index is 14.9. The van der Waals surface area contributed by atoms with Gasteiger partial charge in [0.15, 0.2) is 11.6 Å². The smallest absolute Gasteiger partial charge is 0.323 e. The van der Waals surface area contributed by atoms with E-state index < -0.39 is 52.7 Å². The molecule has 37 heavy (non-hydrogen) atoms. The SMILES string of the molecule is Cc1cncc(-n2c(=O)nc(Nc3cc4cn(C)nc4cc3F)n(Cc3cc(F)c(F)cc3F)c2=O)c1. The monoisotopic (exact) mass is 511 g/mol. The van der Waals surface area contributed by atoms with E-state index in [1.807, 2.05) is 0 Å². The molecule has 0 radical (unpaired) electrons. The zero-order valence-electron chi connectivity index (χ0n) is 19.3. The Morgan fingerprint density at radius 3 is 2.43 bits per heavy atom. The number of pyridine rings is 1. The summed E-state index contributed by atoms with van der Waals surface area (Å²) in [5, 5.41) is 7.26. The molecule has 0 aliphatic rings. The van der Waals surface area contributed by atoms with E-state index in [1.165, 1.54) is 29.2 Å². The molecule has 0 aliphatic heterocycles. The van der Waals surface area contributed by atoms with Gasteiger partial charge in [0, 0.05) is 42.5 Å². The highest BCUT2D eigenvalue weighted by Crippen LogP contribution is 2.25. The number of halogens is 4. The molecule has 3 aromatic heterocycles. The molecule has 5 aromatic rings. The molecule has 2 aromatic carbocycles. The van der Waals surface area contributed by atoms with Crippen molar-refractivity contribution < 1.29 is 17.6 Å². The number of nitrogens with one attached hydrogen (secondary N) is 1. The summed E-state index contributed by atoms with van der Waals surface area (Å²) in [5.41, 5.74) is -1.50. The first kappa shape index (κ1) is 23.9. The van der Waals surface area contributed by atoms with Crippen LogP contribution in [-0.4, -0.2) is 28.9 Å². The van der Waals surface area contributed by atoms with Crippen LogP contribution in [0.3, 0.4) is 0 Å². The Morgan fingerprint density at radius 1 is 0.919 bits per heavy atom. The Balaban J connectivity index is 1.70. The number of benzene rings is 2. The third kappa shape index (κ3) is 4.46. The van der Waals surface area contributed by atoms with Crippen LogP contribution in [-0.2, 0) is 13.6 Å². The van der Waals surface area contributed by atoms with Crippen LogP contribution in [0.25, 0.3) is 16.6 Å². The third-order valence-corrected chi connectivity index (χ3v) is 5.56. The largest absolute Gasteiger partial charge is 0.359 e. The number of aromatic nitrogens is 6. The highest BCUT2D eigenvalue weighted by Gasteiger charge is 2.20. The fourth-order valence-corrected chi connectivity index (χ4v) is 3.86. The van der Waals surface area contributed by atoms with Gasteiger partial charge in [-0.05, 0) is 30.7 Å². The first-order valence-electron chi connectivity index (χ1n) is 10.8. The zero-order valence-corrected chi connectivity index (χ0v) is 19.3. The van der Waals surface area contributed by atoms with Crippen LogP contribution in [0.4, 0.5) is 29.2 Å². The number of nitrogens with zero attached hydrogens (tertiary/aromatic N) is 6. The summed E-state index contributed by atoms with van der Waals surface area (Å²) in [5.74, 6) is -5.09. The molecule has 0 saturated heterocycles. The van der Waals surface area contributed by atoms with E-state index in [4.69, 9.17) is 0 Å². The minimum atomic E-state index is -1.41. The minimum absolute atomic E-state index is 0.0801. The Hall–Kier alpha value is -4.81. The van der Waals surface area contributed by atoms with Gasteiger partial charge in [-0.2, -0.15) is 10.1 Å². The third-order valence-electron chi connectivity index (χ3n) is 5.56. The maximum Gasteiger partial charge on any atom is 0.359 e. The summed E-state index contributed by atoms with van der Waals surface area (Å²) in [7, 11) is 1.65. The molecule has 0 aliphatic carbocycles. The van der Waals surface area contributed by atoms with Gasteiger partial charge in [0.05, 0.1) is 29.6 Å². The number of fused-ring (bicyclic) bond motifs is 1. The van der Waals surface area contributed by atoms with Crippen molar-refractivity contribution in [2.75, 3.05) is 5.32 Å². The molecule has 0 spiro atoms. The first-order chi connectivity index (χ1) is 17.6. The van der Waals surface area contributed by atoms with E-state index in [-0.39, 0.29) is 11.4 Å². The van der Waals surface area contributed by atoms with Crippen molar-refractivity contribution in [3.63, 3.8) is 0 Å². The molecule has 0 unspecified atom stereocenters. The molecule has 5 rings (SSSR count). The van der Waals surface area contributed by atoms with Crippen LogP contribution in [0, 0.1) is 30.2 Å². The molecule has 13 heteroatoms. The lowest BCUT2D eigenvalue weighted by Crippen LogP contribution is -2.42. The maximum absolute atomic E-state index is 14.9. The lowest BCUT2D eigenvalue weighted by atomic mass is 10.2. The molecule has 0 atom stereocenters. The summed E-state index contributed by atoms with van der Waals surface area (Å²) >= 11 is 0. The van der Waals surface area contributed by atoms with Gasteiger partial charge in [-0.25, -0.2) is 31.7 Å². The standard InChI is InChI=1S/C24H17F4N7O2/c1-12-3-15(9-29-8-12)35-23(36)31-22(30-21-5-14-10-33(2)32-20(14)7-19(21)28)34(24(35)37)11-13-4-17(26)18(27)6-16(13)25/h3-10H,11H2,1-2H3,(H,30,31,36). The van der Waals surface area contributed by atoms with E-state index in [0.29, 0.717) is 33.2 Å². The number of hydrogen-bond acceptors (Lipinski definition) is 6. The van der Waals surface area contributed by atoms with Crippen LogP contribution < -0.4 is 16.7 Å². The average Bonchev–Trinajstić information content (AvgIpc) is 3.18. The summed E-state index contributed by atoms with van der Waals surface area (Å²) in [6, 6.07) is 4.97. The molecule has 0 fully saturated rings. The van der Waals surface area contributed by atoms with Gasteiger partial charge in [0.2, 0.25) is 5.95 Å². The van der Waals surface area contributed by atoms with E-state index >= 15 is 0 Å². The molecule has 188 valence electrons. The normalized spacial score (nSPS) is 11.3. The number of rotatable bonds is 5. The molecular formula is C24H17F4N7O2. The second-order valence-electron chi connectivity index (χ2n) is 8.32. The van der Waals surface area contributed by atoms with Crippen LogP contribution >= 0.6 is 0 Å². The van der Waals surface area contributed by atoms with Gasteiger partial charge in [0.1, 0.15) is 11.6 Å². The molecule has 0 bridgehead atoms. The Morgan fingerprint density at radius 2 is 1.68 bits per heavy atom. The van der Waals surface area contributed by atoms with E-state index in [0.717, 1.165) is 10.6 Å². The van der Waals surface area contributed by atoms with Crippen molar-refractivity contribution in [2.24, 2.45) is 7.05 Å². The van der Waals surface area contributed by atoms with Gasteiger partial charge < -0.3 is 5.32 Å². The number of aryl methyl sites for hydroxylation is 2. The molecule has 3 heterocycles. The lowest BCUT2D eigenvalue weighted by molar-refractivity contribution is 0.487. The quantitative estimate of drug-likeness (QED) is 0.287. The Kier molecular flexibility index (Phi) is 5.82. The van der Waals surface area contributed by atoms with Crippen LogP contribution in [0.2, 0.25) is 0 Å². The molecule has 9 nitrogen and oxygen atoms in total. The first-order valence-corrected chi connectivity index (χ1v) is 10.8. The fourth-order valence-electron chi connectivity index (χ4n) is 3.86. The topological polar surface area (TPSA) is 99.6 Å². The Labute approximate surface area is 205 Å². The molecular weight excluding hydrogens is 494 g/mol. The summed E-state index contributed by atoms with van der Waals surface area (Å²) < 4.78 is 59.7. The van der Waals surface area contributed by atoms with Crippen molar-refractivity contribution >= 4 is 22.5 Å². The van der Waals surface area contributed by atoms with Crippen LogP contribution in [0.1, 0.15) is 11.1 Å². The summed E-state index contributed by atoms with van der Waals surface area (Å²) in [4.78, 5) is 34.3. The number of hydrogen-bond donors (Lipinski definition) is 1. The number of anilines is 2. The van der Waals surface area contributed by atoms with Gasteiger partial charge >= 0.3 is 11.4 Å². The van der Waals surface area contributed by atoms with Crippen LogP contribution in [0.15, 0.2) is 58.5 Å². The molecule has 1 N–H and O–H groups in total. The zero-order chi connectivity index (χ0) is 26.4. The predicted molar refractivity (Wildman–Crippen MR) is 126 cm³/mol. The van der Waals surface area contributed by atoms with E-state index in [9.17, 15) is 27.2 Å². The van der Waals surface area contributed by atoms with E-state index in [1.54, 1.807) is 20.2 Å². The van der Waals surface area contributed by atoms with Crippen molar-refractivity contribution in [3.8, 4) is 5.69 Å². The predicted octanol–water partition coefficient (Wildman–Crippen LogP) is 3.33. The summed E-state index contributed by atoms with van der Waals surface area (Å²) in [6.45, 7) is 1.03. The highest BCUT2D eigenvalue weighted by molar-refractivity contribution is 5.83. The van der Waals surface area contributed by atoms with Crippen molar-refractivity contribution in [1.29, 1.82) is 0 Å². The van der Waals surface area contributed by atoms with Crippen molar-refractivity contribution in [3.05, 3.63) is 104 Å². The van der Waals surface area contributed by atoms with Gasteiger partial charge in [0.25, 0.3) is 0 Å². The highest BCUT2D eigenvalue weighted by atomic mass is 19.2. The molecule has 0 amide bonds. The Bertz CT molecular complexity index is 1810. The van der Waals surface area contributed by atoms with Gasteiger partial charge in [-0.3, -0.25) is 14.2 Å². The molecule has 0 saturated carbocycles. The summed E-state index contributed by atoms with van der Waals surface area (Å²) in [6.07, 6.45) is 4.38. The minimum Gasteiger partial charge on any atom is -0.323 e. The second kappa shape index (κ2) is 9.00. The van der Waals surface area contributed by atoms with Gasteiger partial charge in [-0.1, -0.05) is 0 Å². The lowest BCUT2D eigenvalue weighted by Gasteiger charge is -2.16. The van der Waals surface area contributed by atoms with E-state index in [2.05, 4.69) is 20.4 Å². The van der Waals surface area contributed by atoms with Gasteiger partial charge in [-0.15, -0.1) is 0 Å². The van der Waals surface area contributed by atoms with Crippen molar-refractivity contribution in [1.82, 2.24) is 28.9 Å². The average molecular weight is 511 g/mol. The second-order valence-corrected chi connectivity index (χ2v) is 8.32. The fraction of sp³-hybridized carbons (Fsp3) is 0.125.